The van der Waals surface area contributed by atoms with E-state index in [0.29, 0.717) is 16.5 Å². The number of hydrogen-bond donors (Lipinski definition) is 2. The molecule has 0 saturated heterocycles. The van der Waals surface area contributed by atoms with Crippen molar-refractivity contribution in [2.75, 3.05) is 7.05 Å². The van der Waals surface area contributed by atoms with Gasteiger partial charge in [-0.3, -0.25) is 10.3 Å². The van der Waals surface area contributed by atoms with Crippen molar-refractivity contribution in [2.24, 2.45) is 0 Å². The average Bonchev–Trinajstić information content (AvgIpc) is 3.23. The third-order valence-corrected chi connectivity index (χ3v) is 7.82. The summed E-state index contributed by atoms with van der Waals surface area (Å²) in [6.45, 7) is 0. The molecule has 3 aromatic rings. The molecule has 0 amide bonds. The lowest BCUT2D eigenvalue weighted by molar-refractivity contribution is -0.145. The molecule has 3 rings (SSSR count). The maximum atomic E-state index is 13.4. The van der Waals surface area contributed by atoms with E-state index in [1.807, 2.05) is 0 Å². The van der Waals surface area contributed by atoms with Gasteiger partial charge in [0, 0.05) is 41.9 Å². The first kappa shape index (κ1) is 23.5. The molecule has 3 aromatic heterocycles. The van der Waals surface area contributed by atoms with Crippen LogP contribution in [0.15, 0.2) is 70.2 Å². The quantitative estimate of drug-likeness (QED) is 0.210. The van der Waals surface area contributed by atoms with Crippen LogP contribution in [-0.2, 0) is 24.2 Å². The summed E-state index contributed by atoms with van der Waals surface area (Å²) in [4.78, 5) is 30.8. The summed E-state index contributed by atoms with van der Waals surface area (Å²) in [6, 6.07) is 7.70. The summed E-state index contributed by atoms with van der Waals surface area (Å²) in [6.07, 6.45) is 4.52. The zero-order chi connectivity index (χ0) is 23.3. The number of nitrogens with zero attached hydrogens (tertiary/aromatic N) is 2. The predicted octanol–water partition coefficient (Wildman–Crippen LogP) is 3.09. The standard InChI is InChI=1S/C20H16ClN3O6S2/c1-22-19(30-17(27)7-6-16(25)26)15-10-14(13-5-3-9-24-18(13)21)20(31-15)32(28,29)12-4-2-8-23-11-12/h2-11,19,22H,1H3,(H,25,26)/b7-6+. The maximum Gasteiger partial charge on any atom is 0.332 e. The fourth-order valence-corrected chi connectivity index (χ4v) is 5.97. The molecule has 0 bridgehead atoms. The van der Waals surface area contributed by atoms with Gasteiger partial charge in [-0.2, -0.15) is 0 Å². The van der Waals surface area contributed by atoms with E-state index in [2.05, 4.69) is 15.3 Å². The fourth-order valence-electron chi connectivity index (χ4n) is 2.66. The molecular formula is C20H16ClN3O6S2. The first-order valence-electron chi connectivity index (χ1n) is 8.92. The van der Waals surface area contributed by atoms with Crippen molar-refractivity contribution in [1.29, 1.82) is 0 Å². The number of sulfone groups is 1. The van der Waals surface area contributed by atoms with Crippen LogP contribution in [0, 0.1) is 0 Å². The van der Waals surface area contributed by atoms with Crippen LogP contribution >= 0.6 is 22.9 Å². The van der Waals surface area contributed by atoms with E-state index < -0.39 is 28.0 Å². The van der Waals surface area contributed by atoms with Gasteiger partial charge in [-0.1, -0.05) is 11.6 Å². The Balaban J connectivity index is 2.12. The molecule has 1 unspecified atom stereocenters. The third-order valence-electron chi connectivity index (χ3n) is 4.07. The lowest BCUT2D eigenvalue weighted by Gasteiger charge is -2.14. The molecule has 2 N–H and O–H groups in total. The Hall–Kier alpha value is -3.12. The SMILES string of the molecule is CNC(OC(=O)/C=C/C(=O)O)c1cc(-c2cccnc2Cl)c(S(=O)(=O)c2cccnc2)s1. The third kappa shape index (κ3) is 5.19. The van der Waals surface area contributed by atoms with Gasteiger partial charge in [0.05, 0.1) is 9.77 Å². The number of aliphatic carboxylic acids is 1. The van der Waals surface area contributed by atoms with E-state index in [-0.39, 0.29) is 19.8 Å². The number of nitrogens with one attached hydrogen (secondary N) is 1. The monoisotopic (exact) mass is 493 g/mol. The van der Waals surface area contributed by atoms with Crippen LogP contribution in [0.25, 0.3) is 11.1 Å². The van der Waals surface area contributed by atoms with E-state index in [4.69, 9.17) is 21.4 Å². The molecule has 0 aliphatic carbocycles. The molecule has 0 aliphatic heterocycles. The normalized spacial score (nSPS) is 12.6. The Bertz CT molecular complexity index is 1280. The summed E-state index contributed by atoms with van der Waals surface area (Å²) < 4.78 is 31.9. The molecule has 166 valence electrons. The van der Waals surface area contributed by atoms with Gasteiger partial charge in [0.1, 0.15) is 9.36 Å². The van der Waals surface area contributed by atoms with Gasteiger partial charge >= 0.3 is 11.9 Å². The highest BCUT2D eigenvalue weighted by molar-refractivity contribution is 7.93. The number of carbonyl (C=O) groups excluding carboxylic acids is 1. The van der Waals surface area contributed by atoms with Crippen molar-refractivity contribution in [1.82, 2.24) is 15.3 Å². The van der Waals surface area contributed by atoms with Crippen molar-refractivity contribution < 1.29 is 27.9 Å². The number of carboxylic acid groups (broad SMARTS) is 1. The molecule has 12 heteroatoms. The number of carboxylic acids is 1. The Morgan fingerprint density at radius 1 is 1.22 bits per heavy atom. The fraction of sp³-hybridized carbons (Fsp3) is 0.100. The minimum absolute atomic E-state index is 0.0166. The maximum absolute atomic E-state index is 13.4. The van der Waals surface area contributed by atoms with Crippen LogP contribution in [0.3, 0.4) is 0 Å². The number of esters is 1. The molecular weight excluding hydrogens is 478 g/mol. The van der Waals surface area contributed by atoms with E-state index in [1.54, 1.807) is 12.1 Å². The molecule has 0 aromatic carbocycles. The number of aromatic nitrogens is 2. The van der Waals surface area contributed by atoms with Crippen LogP contribution in [0.2, 0.25) is 5.15 Å². The highest BCUT2D eigenvalue weighted by atomic mass is 35.5. The number of halogens is 1. The number of carbonyl (C=O) groups is 2. The number of ether oxygens (including phenoxy) is 1. The summed E-state index contributed by atoms with van der Waals surface area (Å²) >= 11 is 7.11. The Labute approximate surface area is 192 Å². The molecule has 0 spiro atoms. The van der Waals surface area contributed by atoms with E-state index in [1.165, 1.54) is 43.8 Å². The smallest absolute Gasteiger partial charge is 0.332 e. The topological polar surface area (TPSA) is 136 Å². The number of pyridine rings is 2. The zero-order valence-electron chi connectivity index (χ0n) is 16.4. The van der Waals surface area contributed by atoms with E-state index >= 15 is 0 Å². The molecule has 0 fully saturated rings. The lowest BCUT2D eigenvalue weighted by Crippen LogP contribution is -2.21. The van der Waals surface area contributed by atoms with Gasteiger partial charge in [-0.05, 0) is 37.4 Å². The molecule has 0 radical (unpaired) electrons. The van der Waals surface area contributed by atoms with E-state index in [9.17, 15) is 18.0 Å². The highest BCUT2D eigenvalue weighted by Gasteiger charge is 2.29. The summed E-state index contributed by atoms with van der Waals surface area (Å²) in [5.74, 6) is -2.23. The predicted molar refractivity (Wildman–Crippen MR) is 117 cm³/mol. The molecule has 0 saturated carbocycles. The second kappa shape index (κ2) is 10.0. The largest absolute Gasteiger partial charge is 0.478 e. The van der Waals surface area contributed by atoms with Crippen LogP contribution in [-0.4, -0.2) is 42.5 Å². The minimum Gasteiger partial charge on any atom is -0.478 e. The summed E-state index contributed by atoms with van der Waals surface area (Å²) in [7, 11) is -2.49. The first-order valence-corrected chi connectivity index (χ1v) is 11.6. The van der Waals surface area contributed by atoms with Gasteiger partial charge in [0.25, 0.3) is 0 Å². The summed E-state index contributed by atoms with van der Waals surface area (Å²) in [5, 5.41) is 11.5. The van der Waals surface area contributed by atoms with Crippen LogP contribution in [0.4, 0.5) is 0 Å². The number of rotatable bonds is 8. The number of hydrogen-bond acceptors (Lipinski definition) is 9. The summed E-state index contributed by atoms with van der Waals surface area (Å²) in [5.41, 5.74) is 0.662. The van der Waals surface area contributed by atoms with Crippen LogP contribution in [0.5, 0.6) is 0 Å². The molecule has 3 heterocycles. The Morgan fingerprint density at radius 3 is 2.59 bits per heavy atom. The minimum atomic E-state index is -4.00. The van der Waals surface area contributed by atoms with Gasteiger partial charge in [0.15, 0.2) is 6.23 Å². The van der Waals surface area contributed by atoms with Gasteiger partial charge in [-0.15, -0.1) is 11.3 Å². The van der Waals surface area contributed by atoms with Gasteiger partial charge in [-0.25, -0.2) is 23.0 Å². The van der Waals surface area contributed by atoms with Crippen molar-refractivity contribution in [3.05, 3.63) is 71.1 Å². The van der Waals surface area contributed by atoms with Crippen molar-refractivity contribution in [2.45, 2.75) is 15.3 Å². The van der Waals surface area contributed by atoms with Crippen LogP contribution in [0.1, 0.15) is 11.1 Å². The number of thiophene rings is 1. The second-order valence-electron chi connectivity index (χ2n) is 6.16. The molecule has 32 heavy (non-hydrogen) atoms. The molecule has 9 nitrogen and oxygen atoms in total. The average molecular weight is 494 g/mol. The van der Waals surface area contributed by atoms with Gasteiger partial charge < -0.3 is 9.84 Å². The second-order valence-corrected chi connectivity index (χ2v) is 9.75. The lowest BCUT2D eigenvalue weighted by atomic mass is 10.1. The van der Waals surface area contributed by atoms with Crippen molar-refractivity contribution >= 4 is 44.7 Å². The Morgan fingerprint density at radius 2 is 1.97 bits per heavy atom. The highest BCUT2D eigenvalue weighted by Crippen LogP contribution is 2.42. The zero-order valence-corrected chi connectivity index (χ0v) is 18.8. The first-order chi connectivity index (χ1) is 15.2. The van der Waals surface area contributed by atoms with Crippen molar-refractivity contribution in [3.8, 4) is 11.1 Å². The van der Waals surface area contributed by atoms with Crippen molar-refractivity contribution in [3.63, 3.8) is 0 Å². The molecule has 0 aliphatic rings. The van der Waals surface area contributed by atoms with Gasteiger partial charge in [0.2, 0.25) is 9.84 Å². The van der Waals surface area contributed by atoms with E-state index in [0.717, 1.165) is 17.4 Å². The van der Waals surface area contributed by atoms with Crippen LogP contribution < -0.4 is 5.32 Å². The molecule has 1 atom stereocenters. The Kier molecular flexibility index (Phi) is 7.36.